The van der Waals surface area contributed by atoms with Crippen LogP contribution in [0.5, 0.6) is 11.5 Å². The zero-order chi connectivity index (χ0) is 12.5. The van der Waals surface area contributed by atoms with Gasteiger partial charge in [0.2, 0.25) is 0 Å². The fourth-order valence-electron chi connectivity index (χ4n) is 1.85. The number of anilines is 1. The van der Waals surface area contributed by atoms with Crippen LogP contribution >= 0.6 is 15.9 Å². The van der Waals surface area contributed by atoms with E-state index in [0.29, 0.717) is 19.0 Å². The second kappa shape index (κ2) is 4.53. The molecule has 5 nitrogen and oxygen atoms in total. The van der Waals surface area contributed by atoms with Crippen LogP contribution in [0.1, 0.15) is 6.42 Å². The number of hydrogen-bond donors (Lipinski definition) is 2. The van der Waals surface area contributed by atoms with Crippen LogP contribution in [0.2, 0.25) is 0 Å². The number of ether oxygens (including phenoxy) is 2. The number of nitrogens with two attached hydrogens (primary N) is 1. The maximum atomic E-state index is 5.70. The minimum atomic E-state index is 0.442. The first-order valence-electron chi connectivity index (χ1n) is 5.65. The Morgan fingerprint density at radius 1 is 1.22 bits per heavy atom. The Morgan fingerprint density at radius 2 is 2.00 bits per heavy atom. The van der Waals surface area contributed by atoms with Crippen molar-refractivity contribution in [1.82, 2.24) is 10.2 Å². The molecule has 0 fully saturated rings. The van der Waals surface area contributed by atoms with E-state index < -0.39 is 0 Å². The molecule has 0 saturated carbocycles. The van der Waals surface area contributed by atoms with E-state index in [1.165, 1.54) is 0 Å². The van der Waals surface area contributed by atoms with E-state index in [0.717, 1.165) is 33.6 Å². The standard InChI is InChI=1S/C12H12BrN3O2/c13-10-11(15-16-12(10)14)7-2-3-8-9(6-7)18-5-1-4-17-8/h2-3,6H,1,4-5H2,(H3,14,15,16). The smallest absolute Gasteiger partial charge is 0.161 e. The number of rotatable bonds is 1. The molecule has 6 heteroatoms. The summed E-state index contributed by atoms with van der Waals surface area (Å²) in [4.78, 5) is 0. The third-order valence-electron chi connectivity index (χ3n) is 2.77. The van der Waals surface area contributed by atoms with Crippen LogP contribution in [0.15, 0.2) is 22.7 Å². The molecule has 1 aromatic heterocycles. The van der Waals surface area contributed by atoms with Crippen LogP contribution in [-0.4, -0.2) is 23.4 Å². The van der Waals surface area contributed by atoms with Gasteiger partial charge in [0.25, 0.3) is 0 Å². The highest BCUT2D eigenvalue weighted by Crippen LogP contribution is 2.37. The van der Waals surface area contributed by atoms with Crippen LogP contribution in [-0.2, 0) is 0 Å². The minimum Gasteiger partial charge on any atom is -0.490 e. The summed E-state index contributed by atoms with van der Waals surface area (Å²) in [5.74, 6) is 1.97. The largest absolute Gasteiger partial charge is 0.490 e. The van der Waals surface area contributed by atoms with Gasteiger partial charge >= 0.3 is 0 Å². The van der Waals surface area contributed by atoms with Gasteiger partial charge < -0.3 is 15.2 Å². The predicted molar refractivity (Wildman–Crippen MR) is 71.7 cm³/mol. The summed E-state index contributed by atoms with van der Waals surface area (Å²) >= 11 is 3.41. The van der Waals surface area contributed by atoms with Crippen molar-refractivity contribution in [1.29, 1.82) is 0 Å². The van der Waals surface area contributed by atoms with Gasteiger partial charge in [0.15, 0.2) is 17.3 Å². The highest BCUT2D eigenvalue weighted by Gasteiger charge is 2.15. The van der Waals surface area contributed by atoms with E-state index in [9.17, 15) is 0 Å². The first-order chi connectivity index (χ1) is 8.75. The van der Waals surface area contributed by atoms with E-state index in [-0.39, 0.29) is 0 Å². The van der Waals surface area contributed by atoms with E-state index in [2.05, 4.69) is 26.1 Å². The normalized spacial score (nSPS) is 14.3. The highest BCUT2D eigenvalue weighted by atomic mass is 79.9. The Balaban J connectivity index is 2.04. The van der Waals surface area contributed by atoms with Gasteiger partial charge in [0.1, 0.15) is 0 Å². The molecular weight excluding hydrogens is 298 g/mol. The third-order valence-corrected chi connectivity index (χ3v) is 3.57. The first-order valence-corrected chi connectivity index (χ1v) is 6.44. The zero-order valence-electron chi connectivity index (χ0n) is 9.57. The van der Waals surface area contributed by atoms with Crippen LogP contribution < -0.4 is 15.2 Å². The molecule has 18 heavy (non-hydrogen) atoms. The number of H-pyrrole nitrogens is 1. The van der Waals surface area contributed by atoms with Gasteiger partial charge in [-0.05, 0) is 34.1 Å². The average Bonchev–Trinajstić information content (AvgIpc) is 2.61. The summed E-state index contributed by atoms with van der Waals surface area (Å²) in [5, 5.41) is 6.85. The SMILES string of the molecule is Nc1n[nH]c(-c2ccc3c(c2)OCCCO3)c1Br. The monoisotopic (exact) mass is 309 g/mol. The molecule has 0 unspecified atom stereocenters. The summed E-state index contributed by atoms with van der Waals surface area (Å²) in [5.41, 5.74) is 7.49. The zero-order valence-corrected chi connectivity index (χ0v) is 11.2. The number of nitrogen functional groups attached to an aromatic ring is 1. The number of halogens is 1. The van der Waals surface area contributed by atoms with E-state index in [4.69, 9.17) is 15.2 Å². The number of nitrogens with one attached hydrogen (secondary N) is 1. The topological polar surface area (TPSA) is 73.2 Å². The molecule has 0 spiro atoms. The Labute approximate surface area is 112 Å². The Bertz CT molecular complexity index is 583. The molecule has 0 saturated heterocycles. The summed E-state index contributed by atoms with van der Waals surface area (Å²) in [6.07, 6.45) is 0.894. The van der Waals surface area contributed by atoms with Crippen LogP contribution in [0.25, 0.3) is 11.3 Å². The fourth-order valence-corrected chi connectivity index (χ4v) is 2.26. The number of aromatic amines is 1. The van der Waals surface area contributed by atoms with Crippen molar-refractivity contribution in [3.8, 4) is 22.8 Å². The quantitative estimate of drug-likeness (QED) is 0.849. The van der Waals surface area contributed by atoms with Gasteiger partial charge in [-0.2, -0.15) is 5.10 Å². The lowest BCUT2D eigenvalue weighted by Crippen LogP contribution is -1.97. The average molecular weight is 310 g/mol. The number of hydrogen-bond acceptors (Lipinski definition) is 4. The predicted octanol–water partition coefficient (Wildman–Crippen LogP) is 2.58. The van der Waals surface area contributed by atoms with Crippen molar-refractivity contribution in [2.45, 2.75) is 6.42 Å². The summed E-state index contributed by atoms with van der Waals surface area (Å²) in [6.45, 7) is 1.36. The van der Waals surface area contributed by atoms with Crippen molar-refractivity contribution >= 4 is 21.7 Å². The molecule has 3 rings (SSSR count). The van der Waals surface area contributed by atoms with Gasteiger partial charge in [0.05, 0.1) is 23.4 Å². The Morgan fingerprint density at radius 3 is 2.72 bits per heavy atom. The molecule has 0 atom stereocenters. The molecule has 0 bridgehead atoms. The second-order valence-electron chi connectivity index (χ2n) is 4.01. The van der Waals surface area contributed by atoms with Crippen molar-refractivity contribution in [3.05, 3.63) is 22.7 Å². The number of fused-ring (bicyclic) bond motifs is 1. The lowest BCUT2D eigenvalue weighted by Gasteiger charge is -2.08. The number of aromatic nitrogens is 2. The molecular formula is C12H12BrN3O2. The molecule has 1 aliphatic rings. The lowest BCUT2D eigenvalue weighted by molar-refractivity contribution is 0.297. The maximum absolute atomic E-state index is 5.70. The molecule has 0 amide bonds. The van der Waals surface area contributed by atoms with E-state index >= 15 is 0 Å². The molecule has 94 valence electrons. The van der Waals surface area contributed by atoms with Crippen LogP contribution in [0, 0.1) is 0 Å². The second-order valence-corrected chi connectivity index (χ2v) is 4.80. The van der Waals surface area contributed by atoms with Gasteiger partial charge in [-0.25, -0.2) is 0 Å². The van der Waals surface area contributed by atoms with Crippen LogP contribution in [0.4, 0.5) is 5.82 Å². The summed E-state index contributed by atoms with van der Waals surface area (Å²) in [6, 6.07) is 5.78. The Hall–Kier alpha value is -1.69. The van der Waals surface area contributed by atoms with Crippen molar-refractivity contribution in [3.63, 3.8) is 0 Å². The minimum absolute atomic E-state index is 0.442. The van der Waals surface area contributed by atoms with Gasteiger partial charge in [-0.15, -0.1) is 0 Å². The molecule has 3 N–H and O–H groups in total. The summed E-state index contributed by atoms with van der Waals surface area (Å²) < 4.78 is 12.0. The fraction of sp³-hybridized carbons (Fsp3) is 0.250. The van der Waals surface area contributed by atoms with E-state index in [1.54, 1.807) is 0 Å². The van der Waals surface area contributed by atoms with Crippen LogP contribution in [0.3, 0.4) is 0 Å². The molecule has 2 heterocycles. The van der Waals surface area contributed by atoms with Crippen molar-refractivity contribution in [2.75, 3.05) is 18.9 Å². The Kier molecular flexibility index (Phi) is 2.87. The molecule has 0 aliphatic carbocycles. The molecule has 2 aromatic rings. The maximum Gasteiger partial charge on any atom is 0.161 e. The molecule has 1 aromatic carbocycles. The van der Waals surface area contributed by atoms with Gasteiger partial charge in [-0.1, -0.05) is 0 Å². The van der Waals surface area contributed by atoms with Crippen molar-refractivity contribution in [2.24, 2.45) is 0 Å². The van der Waals surface area contributed by atoms with Crippen molar-refractivity contribution < 1.29 is 9.47 Å². The van der Waals surface area contributed by atoms with E-state index in [1.807, 2.05) is 18.2 Å². The van der Waals surface area contributed by atoms with Gasteiger partial charge in [-0.3, -0.25) is 5.10 Å². The molecule has 1 aliphatic heterocycles. The molecule has 0 radical (unpaired) electrons. The lowest BCUT2D eigenvalue weighted by atomic mass is 10.1. The third kappa shape index (κ3) is 1.92. The van der Waals surface area contributed by atoms with Gasteiger partial charge in [0, 0.05) is 12.0 Å². The first kappa shape index (κ1) is 11.4. The number of benzene rings is 1. The number of nitrogens with zero attached hydrogens (tertiary/aromatic N) is 1. The summed E-state index contributed by atoms with van der Waals surface area (Å²) in [7, 11) is 0. The highest BCUT2D eigenvalue weighted by molar-refractivity contribution is 9.10.